The second-order valence-corrected chi connectivity index (χ2v) is 7.61. The van der Waals surface area contributed by atoms with Crippen LogP contribution in [0.25, 0.3) is 11.0 Å². The maximum Gasteiger partial charge on any atom is 0.355 e. The number of methoxy groups -OCH3 is 2. The van der Waals surface area contributed by atoms with E-state index in [1.165, 1.54) is 32.4 Å². The summed E-state index contributed by atoms with van der Waals surface area (Å²) < 4.78 is 37.3. The maximum absolute atomic E-state index is 13.2. The molecule has 0 aliphatic carbocycles. The number of ether oxygens (including phenoxy) is 2. The topological polar surface area (TPSA) is 87.5 Å². The second kappa shape index (κ2) is 6.45. The van der Waals surface area contributed by atoms with Gasteiger partial charge in [0.2, 0.25) is 5.88 Å². The lowest BCUT2D eigenvalue weighted by atomic mass is 10.2. The first-order chi connectivity index (χ1) is 12.3. The minimum absolute atomic E-state index is 0.0491. The first-order valence-electron chi connectivity index (χ1n) is 7.77. The summed E-state index contributed by atoms with van der Waals surface area (Å²) in [6.45, 7) is 3.65. The van der Waals surface area contributed by atoms with Gasteiger partial charge in [-0.3, -0.25) is 0 Å². The quantitative estimate of drug-likeness (QED) is 0.653. The number of rotatable bonds is 4. The summed E-state index contributed by atoms with van der Waals surface area (Å²) in [5.74, 6) is -0.512. The zero-order valence-electron chi connectivity index (χ0n) is 14.8. The van der Waals surface area contributed by atoms with Crippen molar-refractivity contribution < 1.29 is 22.7 Å². The number of pyridine rings is 1. The molecule has 0 amide bonds. The lowest BCUT2D eigenvalue weighted by Gasteiger charge is -2.11. The maximum atomic E-state index is 13.2. The molecule has 0 aliphatic rings. The molecule has 1 aromatic carbocycles. The number of fused-ring (bicyclic) bond motifs is 1. The van der Waals surface area contributed by atoms with Gasteiger partial charge in [0.1, 0.15) is 5.69 Å². The third-order valence-corrected chi connectivity index (χ3v) is 5.80. The molecule has 0 aliphatic heterocycles. The fourth-order valence-electron chi connectivity index (χ4n) is 2.69. The number of hydrogen-bond donors (Lipinski definition) is 0. The van der Waals surface area contributed by atoms with Crippen LogP contribution in [0, 0.1) is 13.8 Å². The van der Waals surface area contributed by atoms with E-state index in [4.69, 9.17) is 9.47 Å². The molecule has 7 nitrogen and oxygen atoms in total. The summed E-state index contributed by atoms with van der Waals surface area (Å²) in [4.78, 5) is 16.5. The van der Waals surface area contributed by atoms with Crippen LogP contribution < -0.4 is 4.74 Å². The summed E-state index contributed by atoms with van der Waals surface area (Å²) >= 11 is 0. The predicted molar refractivity (Wildman–Crippen MR) is 96.1 cm³/mol. The number of carbonyl (C=O) groups is 1. The largest absolute Gasteiger partial charge is 0.481 e. The van der Waals surface area contributed by atoms with E-state index in [1.54, 1.807) is 25.1 Å². The Labute approximate surface area is 151 Å². The van der Waals surface area contributed by atoms with Gasteiger partial charge >= 0.3 is 5.97 Å². The third kappa shape index (κ3) is 2.82. The Kier molecular flexibility index (Phi) is 4.45. The molecular weight excluding hydrogens is 356 g/mol. The summed E-state index contributed by atoms with van der Waals surface area (Å²) in [6.07, 6.45) is 0. The van der Waals surface area contributed by atoms with E-state index in [2.05, 4.69) is 4.98 Å². The van der Waals surface area contributed by atoms with Crippen molar-refractivity contribution in [1.29, 1.82) is 0 Å². The molecule has 0 spiro atoms. The Morgan fingerprint density at radius 2 is 1.73 bits per heavy atom. The highest BCUT2D eigenvalue weighted by molar-refractivity contribution is 7.90. The van der Waals surface area contributed by atoms with E-state index < -0.39 is 16.0 Å². The first kappa shape index (κ1) is 17.9. The van der Waals surface area contributed by atoms with Crippen LogP contribution in [0.2, 0.25) is 0 Å². The molecule has 26 heavy (non-hydrogen) atoms. The van der Waals surface area contributed by atoms with Gasteiger partial charge in [0.15, 0.2) is 5.65 Å². The summed E-state index contributed by atoms with van der Waals surface area (Å²) in [5, 5.41) is 0.530. The average molecular weight is 374 g/mol. The number of benzene rings is 1. The summed E-state index contributed by atoms with van der Waals surface area (Å²) in [5.41, 5.74) is 1.65. The monoisotopic (exact) mass is 374 g/mol. The highest BCUT2D eigenvalue weighted by Gasteiger charge is 2.28. The molecule has 8 heteroatoms. The molecule has 3 rings (SSSR count). The molecule has 2 aromatic heterocycles. The van der Waals surface area contributed by atoms with Crippen LogP contribution in [0.4, 0.5) is 0 Å². The lowest BCUT2D eigenvalue weighted by molar-refractivity contribution is 0.0593. The number of hydrogen-bond acceptors (Lipinski definition) is 6. The number of carbonyl (C=O) groups excluding carboxylic acids is 1. The molecule has 0 saturated heterocycles. The van der Waals surface area contributed by atoms with Crippen LogP contribution in [0.5, 0.6) is 5.88 Å². The van der Waals surface area contributed by atoms with E-state index >= 15 is 0 Å². The lowest BCUT2D eigenvalue weighted by Crippen LogP contribution is -2.19. The molecule has 2 heterocycles. The molecule has 3 aromatic rings. The Morgan fingerprint density at radius 3 is 2.31 bits per heavy atom. The van der Waals surface area contributed by atoms with Gasteiger partial charge in [-0.25, -0.2) is 17.2 Å². The SMILES string of the molecule is COC(=O)c1cc2c(C)cc(OC)nc2n1S(=O)(=O)c1ccc(C)cc1. The second-order valence-electron chi connectivity index (χ2n) is 5.82. The van der Waals surface area contributed by atoms with Crippen molar-refractivity contribution in [3.63, 3.8) is 0 Å². The van der Waals surface area contributed by atoms with Crippen molar-refractivity contribution in [1.82, 2.24) is 8.96 Å². The van der Waals surface area contributed by atoms with Crippen LogP contribution in [-0.2, 0) is 14.8 Å². The van der Waals surface area contributed by atoms with Crippen molar-refractivity contribution in [2.24, 2.45) is 0 Å². The van der Waals surface area contributed by atoms with E-state index in [0.717, 1.165) is 15.1 Å². The zero-order chi connectivity index (χ0) is 19.1. The van der Waals surface area contributed by atoms with Crippen molar-refractivity contribution in [3.8, 4) is 5.88 Å². The number of aryl methyl sites for hydroxylation is 2. The smallest absolute Gasteiger partial charge is 0.355 e. The van der Waals surface area contributed by atoms with Gasteiger partial charge in [-0.1, -0.05) is 17.7 Å². The fraction of sp³-hybridized carbons (Fsp3) is 0.222. The van der Waals surface area contributed by atoms with Crippen LogP contribution in [0.15, 0.2) is 41.3 Å². The average Bonchev–Trinajstić information content (AvgIpc) is 3.02. The normalized spacial score (nSPS) is 11.5. The van der Waals surface area contributed by atoms with E-state index in [9.17, 15) is 13.2 Å². The van der Waals surface area contributed by atoms with Crippen LogP contribution in [0.3, 0.4) is 0 Å². The standard InChI is InChI=1S/C18H18N2O5S/c1-11-5-7-13(8-6-11)26(22,23)20-15(18(21)25-4)10-14-12(2)9-16(24-3)19-17(14)20/h5-10H,1-4H3. The van der Waals surface area contributed by atoms with E-state index in [0.29, 0.717) is 5.39 Å². The molecule has 0 N–H and O–H groups in total. The van der Waals surface area contributed by atoms with Gasteiger partial charge in [-0.2, -0.15) is 4.98 Å². The molecule has 0 bridgehead atoms. The fourth-order valence-corrected chi connectivity index (χ4v) is 4.13. The zero-order valence-corrected chi connectivity index (χ0v) is 15.6. The molecule has 0 fully saturated rings. The van der Waals surface area contributed by atoms with E-state index in [1.807, 2.05) is 6.92 Å². The number of aromatic nitrogens is 2. The minimum atomic E-state index is -4.07. The molecule has 0 radical (unpaired) electrons. The Morgan fingerprint density at radius 1 is 1.08 bits per heavy atom. The number of nitrogens with zero attached hydrogens (tertiary/aromatic N) is 2. The van der Waals surface area contributed by atoms with Crippen LogP contribution in [-0.4, -0.2) is 37.6 Å². The van der Waals surface area contributed by atoms with Crippen molar-refractivity contribution in [3.05, 3.63) is 53.2 Å². The highest BCUT2D eigenvalue weighted by Crippen LogP contribution is 2.29. The molecule has 0 saturated carbocycles. The van der Waals surface area contributed by atoms with E-state index in [-0.39, 0.29) is 22.1 Å². The van der Waals surface area contributed by atoms with Gasteiger partial charge in [0.05, 0.1) is 19.1 Å². The van der Waals surface area contributed by atoms with Gasteiger partial charge in [0.25, 0.3) is 10.0 Å². The van der Waals surface area contributed by atoms with Crippen molar-refractivity contribution >= 4 is 27.0 Å². The Balaban J connectivity index is 2.40. The molecular formula is C18H18N2O5S. The van der Waals surface area contributed by atoms with Crippen molar-refractivity contribution in [2.45, 2.75) is 18.7 Å². The summed E-state index contributed by atoms with van der Waals surface area (Å²) in [7, 11) is -1.43. The van der Waals surface area contributed by atoms with Gasteiger partial charge < -0.3 is 9.47 Å². The first-order valence-corrected chi connectivity index (χ1v) is 9.21. The highest BCUT2D eigenvalue weighted by atomic mass is 32.2. The van der Waals surface area contributed by atoms with Gasteiger partial charge in [0, 0.05) is 11.5 Å². The van der Waals surface area contributed by atoms with Crippen molar-refractivity contribution in [2.75, 3.05) is 14.2 Å². The third-order valence-electron chi connectivity index (χ3n) is 4.08. The Hall–Kier alpha value is -2.87. The molecule has 136 valence electrons. The summed E-state index contributed by atoms with van der Waals surface area (Å²) in [6, 6.07) is 9.50. The van der Waals surface area contributed by atoms with Gasteiger partial charge in [-0.15, -0.1) is 0 Å². The molecule has 0 unspecified atom stereocenters. The van der Waals surface area contributed by atoms with Crippen LogP contribution >= 0.6 is 0 Å². The van der Waals surface area contributed by atoms with Crippen LogP contribution in [0.1, 0.15) is 21.6 Å². The van der Waals surface area contributed by atoms with Gasteiger partial charge in [-0.05, 0) is 37.6 Å². The minimum Gasteiger partial charge on any atom is -0.481 e. The predicted octanol–water partition coefficient (Wildman–Crippen LogP) is 2.69. The number of esters is 1. The molecule has 0 atom stereocenters. The Bertz CT molecular complexity index is 1100.